The zero-order valence-corrected chi connectivity index (χ0v) is 15.5. The third kappa shape index (κ3) is 3.46. The fourth-order valence-electron chi connectivity index (χ4n) is 4.99. The fourth-order valence-corrected chi connectivity index (χ4v) is 4.99. The van der Waals surface area contributed by atoms with E-state index in [1.54, 1.807) is 0 Å². The van der Waals surface area contributed by atoms with Crippen LogP contribution >= 0.6 is 0 Å². The van der Waals surface area contributed by atoms with E-state index in [2.05, 4.69) is 24.7 Å². The Hall–Kier alpha value is -0.540. The predicted molar refractivity (Wildman–Crippen MR) is 93.1 cm³/mol. The largest absolute Gasteiger partial charge is 0.394 e. The van der Waals surface area contributed by atoms with Crippen molar-refractivity contribution in [2.75, 3.05) is 6.61 Å². The number of hydrogen-bond donors (Lipinski definition) is 5. The third-order valence-corrected chi connectivity index (χ3v) is 6.67. The van der Waals surface area contributed by atoms with Crippen LogP contribution in [0.25, 0.3) is 0 Å². The second kappa shape index (κ2) is 7.83. The molecule has 7 nitrogen and oxygen atoms in total. The summed E-state index contributed by atoms with van der Waals surface area (Å²) in [4.78, 5) is 0. The van der Waals surface area contributed by atoms with Gasteiger partial charge in [-0.2, -0.15) is 0 Å². The van der Waals surface area contributed by atoms with Crippen molar-refractivity contribution in [3.05, 3.63) is 11.6 Å². The van der Waals surface area contributed by atoms with Crippen LogP contribution in [0.15, 0.2) is 11.6 Å². The average Bonchev–Trinajstić information content (AvgIpc) is 2.89. The zero-order valence-electron chi connectivity index (χ0n) is 15.5. The second-order valence-electron chi connectivity index (χ2n) is 8.13. The van der Waals surface area contributed by atoms with Crippen LogP contribution in [-0.2, 0) is 9.47 Å². The molecule has 4 aliphatic rings. The molecule has 150 valence electrons. The Labute approximate surface area is 154 Å². The van der Waals surface area contributed by atoms with Gasteiger partial charge in [-0.15, -0.1) is 0 Å². The zero-order chi connectivity index (χ0) is 19.1. The summed E-state index contributed by atoms with van der Waals surface area (Å²) >= 11 is 0. The first-order valence-corrected chi connectivity index (χ1v) is 9.63. The monoisotopic (exact) mass is 372 g/mol. The van der Waals surface area contributed by atoms with Crippen LogP contribution in [0.5, 0.6) is 0 Å². The highest BCUT2D eigenvalue weighted by molar-refractivity contribution is 5.24. The molecule has 7 heteroatoms. The van der Waals surface area contributed by atoms with Crippen molar-refractivity contribution >= 4 is 0 Å². The molecule has 2 bridgehead atoms. The van der Waals surface area contributed by atoms with Crippen LogP contribution in [0.3, 0.4) is 0 Å². The molecule has 0 aromatic carbocycles. The van der Waals surface area contributed by atoms with Gasteiger partial charge in [-0.05, 0) is 63.4 Å². The smallest absolute Gasteiger partial charge is 0.184 e. The van der Waals surface area contributed by atoms with Crippen molar-refractivity contribution in [2.24, 2.45) is 11.8 Å². The van der Waals surface area contributed by atoms with E-state index in [1.807, 2.05) is 0 Å². The maximum absolute atomic E-state index is 9.12. The Morgan fingerprint density at radius 1 is 1.08 bits per heavy atom. The normalized spacial score (nSPS) is 50.3. The van der Waals surface area contributed by atoms with Gasteiger partial charge >= 0.3 is 0 Å². The highest BCUT2D eigenvalue weighted by Gasteiger charge is 2.54. The van der Waals surface area contributed by atoms with E-state index in [0.29, 0.717) is 6.10 Å². The molecule has 0 aromatic heterocycles. The Bertz CT molecular complexity index is 515. The van der Waals surface area contributed by atoms with Crippen molar-refractivity contribution in [2.45, 2.75) is 88.4 Å². The maximum atomic E-state index is 9.12. The SMILES string of the molecule is CC1=CCCC2CCC3CC12OC3C.OCC1OC(O)C(O)C(O)C1O. The van der Waals surface area contributed by atoms with E-state index in [0.717, 1.165) is 11.8 Å². The van der Waals surface area contributed by atoms with Crippen LogP contribution in [-0.4, -0.2) is 74.6 Å². The summed E-state index contributed by atoms with van der Waals surface area (Å²) in [5, 5.41) is 44.7. The molecule has 0 aromatic rings. The van der Waals surface area contributed by atoms with Crippen LogP contribution in [0.4, 0.5) is 0 Å². The first kappa shape index (κ1) is 20.2. The molecule has 3 fully saturated rings. The molecule has 1 saturated carbocycles. The minimum atomic E-state index is -1.57. The summed E-state index contributed by atoms with van der Waals surface area (Å²) in [6.07, 6.45) is 2.62. The van der Waals surface area contributed by atoms with Gasteiger partial charge in [0, 0.05) is 0 Å². The molecule has 0 radical (unpaired) electrons. The Morgan fingerprint density at radius 2 is 1.81 bits per heavy atom. The molecular formula is C19H32O7. The first-order valence-electron chi connectivity index (χ1n) is 9.63. The van der Waals surface area contributed by atoms with E-state index in [1.165, 1.54) is 37.7 Å². The van der Waals surface area contributed by atoms with Gasteiger partial charge in [0.1, 0.15) is 24.4 Å². The van der Waals surface area contributed by atoms with Crippen molar-refractivity contribution in [1.29, 1.82) is 0 Å². The standard InChI is InChI=1S/C13H20O.C6H12O6/c1-9-4-3-5-12-7-6-11-8-13(9,12)14-10(11)2;7-1-2-3(8)4(9)5(10)6(11)12-2/h4,10-12H,3,5-8H2,1-2H3;2-11H,1H2. The summed E-state index contributed by atoms with van der Waals surface area (Å²) in [6.45, 7) is 4.03. The van der Waals surface area contributed by atoms with Crippen LogP contribution in [0, 0.1) is 11.8 Å². The van der Waals surface area contributed by atoms with E-state index in [-0.39, 0.29) is 5.60 Å². The summed E-state index contributed by atoms with van der Waals surface area (Å²) in [6, 6.07) is 0. The van der Waals surface area contributed by atoms with Crippen molar-refractivity contribution in [3.63, 3.8) is 0 Å². The topological polar surface area (TPSA) is 120 Å². The Balaban J connectivity index is 0.000000153. The lowest BCUT2D eigenvalue weighted by atomic mass is 9.65. The molecule has 0 amide bonds. The molecule has 1 spiro atoms. The van der Waals surface area contributed by atoms with E-state index in [9.17, 15) is 0 Å². The van der Waals surface area contributed by atoms with Gasteiger partial charge in [-0.1, -0.05) is 6.08 Å². The van der Waals surface area contributed by atoms with Gasteiger partial charge < -0.3 is 35.0 Å². The molecule has 2 aliphatic carbocycles. The van der Waals surface area contributed by atoms with E-state index in [4.69, 9.17) is 30.3 Å². The number of allylic oxidation sites excluding steroid dienone is 1. The Morgan fingerprint density at radius 3 is 2.50 bits per heavy atom. The average molecular weight is 372 g/mol. The molecular weight excluding hydrogens is 340 g/mol. The van der Waals surface area contributed by atoms with Crippen LogP contribution in [0.1, 0.15) is 46.0 Å². The molecule has 4 rings (SSSR count). The number of rotatable bonds is 1. The van der Waals surface area contributed by atoms with Crippen LogP contribution < -0.4 is 0 Å². The molecule has 9 atom stereocenters. The number of fused-ring (bicyclic) bond motifs is 1. The molecule has 26 heavy (non-hydrogen) atoms. The van der Waals surface area contributed by atoms with E-state index < -0.39 is 37.3 Å². The van der Waals surface area contributed by atoms with Crippen molar-refractivity contribution < 1.29 is 35.0 Å². The van der Waals surface area contributed by atoms with Crippen molar-refractivity contribution in [3.8, 4) is 0 Å². The summed E-state index contributed by atoms with van der Waals surface area (Å²) in [7, 11) is 0. The number of ether oxygens (including phenoxy) is 2. The minimum absolute atomic E-state index is 0.181. The van der Waals surface area contributed by atoms with Crippen molar-refractivity contribution in [1.82, 2.24) is 0 Å². The number of aliphatic hydroxyl groups is 5. The lowest BCUT2D eigenvalue weighted by Gasteiger charge is -2.43. The summed E-state index contributed by atoms with van der Waals surface area (Å²) in [5.41, 5.74) is 1.71. The quantitative estimate of drug-likeness (QED) is 0.414. The van der Waals surface area contributed by atoms with Gasteiger partial charge in [0.25, 0.3) is 0 Å². The second-order valence-corrected chi connectivity index (χ2v) is 8.13. The highest BCUT2D eigenvalue weighted by Crippen LogP contribution is 2.55. The van der Waals surface area contributed by atoms with Crippen LogP contribution in [0.2, 0.25) is 0 Å². The number of aliphatic hydroxyl groups excluding tert-OH is 5. The summed E-state index contributed by atoms with van der Waals surface area (Å²) < 4.78 is 10.9. The fraction of sp³-hybridized carbons (Fsp3) is 0.895. The summed E-state index contributed by atoms with van der Waals surface area (Å²) in [5.74, 6) is 1.67. The van der Waals surface area contributed by atoms with Gasteiger partial charge in [0.2, 0.25) is 0 Å². The highest BCUT2D eigenvalue weighted by atomic mass is 16.6. The van der Waals surface area contributed by atoms with Gasteiger partial charge in [-0.25, -0.2) is 0 Å². The predicted octanol–water partition coefficient (Wildman–Crippen LogP) is 0.0789. The lowest BCUT2D eigenvalue weighted by molar-refractivity contribution is -0.286. The Kier molecular flexibility index (Phi) is 6.08. The third-order valence-electron chi connectivity index (χ3n) is 6.67. The molecule has 5 N–H and O–H groups in total. The molecule has 9 unspecified atom stereocenters. The minimum Gasteiger partial charge on any atom is -0.394 e. The molecule has 2 heterocycles. The number of hydrogen-bond acceptors (Lipinski definition) is 7. The molecule has 2 aliphatic heterocycles. The van der Waals surface area contributed by atoms with Gasteiger partial charge in [0.15, 0.2) is 6.29 Å². The lowest BCUT2D eigenvalue weighted by Crippen LogP contribution is -2.58. The molecule has 2 saturated heterocycles. The first-order chi connectivity index (χ1) is 12.3. The maximum Gasteiger partial charge on any atom is 0.184 e. The van der Waals surface area contributed by atoms with Gasteiger partial charge in [0.05, 0.1) is 18.3 Å². The van der Waals surface area contributed by atoms with E-state index >= 15 is 0 Å². The van der Waals surface area contributed by atoms with Gasteiger partial charge in [-0.3, -0.25) is 0 Å².